The number of nitrogens with zero attached hydrogens (tertiary/aromatic N) is 2. The van der Waals surface area contributed by atoms with Crippen molar-refractivity contribution in [2.24, 2.45) is 11.7 Å². The van der Waals surface area contributed by atoms with E-state index in [1.807, 2.05) is 30.3 Å². The lowest BCUT2D eigenvalue weighted by atomic mass is 9.89. The van der Waals surface area contributed by atoms with Crippen LogP contribution < -0.4 is 5.73 Å². The highest BCUT2D eigenvalue weighted by molar-refractivity contribution is 6.34. The molecule has 0 saturated carbocycles. The maximum Gasteiger partial charge on any atom is 0.270 e. The maximum atomic E-state index is 12.8. The summed E-state index contributed by atoms with van der Waals surface area (Å²) >= 11 is 6.09. The zero-order valence-corrected chi connectivity index (χ0v) is 14.2. The molecular formula is C18H18ClN3O3. The average molecular weight is 360 g/mol. The molecule has 1 saturated heterocycles. The van der Waals surface area contributed by atoms with Crippen molar-refractivity contribution in [2.45, 2.75) is 5.92 Å². The zero-order valence-electron chi connectivity index (χ0n) is 13.5. The molecule has 25 heavy (non-hydrogen) atoms. The molecule has 6 nitrogen and oxygen atoms in total. The summed E-state index contributed by atoms with van der Waals surface area (Å²) in [6.45, 7) is 1.58. The number of carbonyl (C=O) groups excluding carboxylic acids is 1. The van der Waals surface area contributed by atoms with Gasteiger partial charge in [0.2, 0.25) is 0 Å². The lowest BCUT2D eigenvalue weighted by Gasteiger charge is -2.17. The third kappa shape index (κ3) is 3.50. The first kappa shape index (κ1) is 17.4. The Morgan fingerprint density at radius 2 is 1.96 bits per heavy atom. The SMILES string of the molecule is NC[C@@H]1CN(C(=O)c2ccc([N+](=O)[O-])cc2Cl)C[C@H]1c1ccccc1. The van der Waals surface area contributed by atoms with Crippen LogP contribution in [0.5, 0.6) is 0 Å². The van der Waals surface area contributed by atoms with Gasteiger partial charge in [-0.05, 0) is 24.1 Å². The quantitative estimate of drug-likeness (QED) is 0.671. The Hall–Kier alpha value is -2.44. The van der Waals surface area contributed by atoms with Gasteiger partial charge in [-0.15, -0.1) is 0 Å². The van der Waals surface area contributed by atoms with Gasteiger partial charge < -0.3 is 10.6 Å². The van der Waals surface area contributed by atoms with Crippen molar-refractivity contribution in [2.75, 3.05) is 19.6 Å². The number of nitro groups is 1. The van der Waals surface area contributed by atoms with E-state index in [0.717, 1.165) is 5.56 Å². The van der Waals surface area contributed by atoms with Gasteiger partial charge in [-0.2, -0.15) is 0 Å². The van der Waals surface area contributed by atoms with Gasteiger partial charge in [0.25, 0.3) is 11.6 Å². The Kier molecular flexibility index (Phi) is 5.01. The highest BCUT2D eigenvalue weighted by Gasteiger charge is 2.36. The van der Waals surface area contributed by atoms with Crippen LogP contribution in [0.15, 0.2) is 48.5 Å². The summed E-state index contributed by atoms with van der Waals surface area (Å²) in [4.78, 5) is 24.8. The molecule has 2 aromatic rings. The van der Waals surface area contributed by atoms with Gasteiger partial charge in [0.05, 0.1) is 15.5 Å². The summed E-state index contributed by atoms with van der Waals surface area (Å²) in [6, 6.07) is 13.9. The lowest BCUT2D eigenvalue weighted by molar-refractivity contribution is -0.384. The van der Waals surface area contributed by atoms with E-state index in [1.165, 1.54) is 18.2 Å². The molecule has 0 spiro atoms. The van der Waals surface area contributed by atoms with Gasteiger partial charge in [0.15, 0.2) is 0 Å². The number of nitrogens with two attached hydrogens (primary N) is 1. The van der Waals surface area contributed by atoms with Crippen molar-refractivity contribution in [1.82, 2.24) is 4.90 Å². The molecule has 1 heterocycles. The Bertz CT molecular complexity index is 797. The minimum absolute atomic E-state index is 0.0895. The molecule has 0 aromatic heterocycles. The van der Waals surface area contributed by atoms with Crippen LogP contribution in [-0.4, -0.2) is 35.4 Å². The van der Waals surface area contributed by atoms with Crippen molar-refractivity contribution in [3.05, 3.63) is 74.8 Å². The number of hydrogen-bond donors (Lipinski definition) is 1. The fourth-order valence-corrected chi connectivity index (χ4v) is 3.57. The molecule has 2 N–H and O–H groups in total. The number of non-ortho nitro benzene ring substituents is 1. The van der Waals surface area contributed by atoms with Crippen LogP contribution in [0.3, 0.4) is 0 Å². The van der Waals surface area contributed by atoms with Crippen LogP contribution in [0.25, 0.3) is 0 Å². The standard InChI is InChI=1S/C18H18ClN3O3/c19-17-8-14(22(24)25)6-7-15(17)18(23)21-10-13(9-20)16(11-21)12-4-2-1-3-5-12/h1-8,13,16H,9-11,20H2/t13-,16+/m1/s1. The second-order valence-electron chi connectivity index (χ2n) is 6.14. The predicted molar refractivity (Wildman–Crippen MR) is 95.7 cm³/mol. The highest BCUT2D eigenvalue weighted by atomic mass is 35.5. The largest absolute Gasteiger partial charge is 0.338 e. The summed E-state index contributed by atoms with van der Waals surface area (Å²) in [7, 11) is 0. The fourth-order valence-electron chi connectivity index (χ4n) is 3.32. The molecule has 2 aromatic carbocycles. The van der Waals surface area contributed by atoms with Crippen LogP contribution in [-0.2, 0) is 0 Å². The normalized spacial score (nSPS) is 19.8. The Labute approximate surface area is 150 Å². The van der Waals surface area contributed by atoms with E-state index in [0.29, 0.717) is 19.6 Å². The smallest absolute Gasteiger partial charge is 0.270 e. The zero-order chi connectivity index (χ0) is 18.0. The molecule has 130 valence electrons. The van der Waals surface area contributed by atoms with Crippen LogP contribution in [0.4, 0.5) is 5.69 Å². The fraction of sp³-hybridized carbons (Fsp3) is 0.278. The summed E-state index contributed by atoms with van der Waals surface area (Å²) in [6.07, 6.45) is 0. The molecule has 2 atom stereocenters. The van der Waals surface area contributed by atoms with Gasteiger partial charge in [0, 0.05) is 31.1 Å². The molecule has 0 unspecified atom stereocenters. The van der Waals surface area contributed by atoms with Crippen molar-refractivity contribution in [3.8, 4) is 0 Å². The van der Waals surface area contributed by atoms with E-state index in [1.54, 1.807) is 4.90 Å². The summed E-state index contributed by atoms with van der Waals surface area (Å²) in [5.41, 5.74) is 7.20. The molecule has 1 amide bonds. The number of carbonyl (C=O) groups is 1. The monoisotopic (exact) mass is 359 g/mol. The van der Waals surface area contributed by atoms with Gasteiger partial charge in [-0.1, -0.05) is 41.9 Å². The molecular weight excluding hydrogens is 342 g/mol. The Morgan fingerprint density at radius 1 is 1.24 bits per heavy atom. The third-order valence-corrected chi connectivity index (χ3v) is 4.97. The van der Waals surface area contributed by atoms with E-state index in [9.17, 15) is 14.9 Å². The van der Waals surface area contributed by atoms with E-state index in [4.69, 9.17) is 17.3 Å². The first-order chi connectivity index (χ1) is 12.0. The van der Waals surface area contributed by atoms with Crippen LogP contribution >= 0.6 is 11.6 Å². The van der Waals surface area contributed by atoms with Gasteiger partial charge in [-0.25, -0.2) is 0 Å². The number of rotatable bonds is 4. The summed E-state index contributed by atoms with van der Waals surface area (Å²) in [5.74, 6) is 0.118. The average Bonchev–Trinajstić information content (AvgIpc) is 3.06. The lowest BCUT2D eigenvalue weighted by Crippen LogP contribution is -2.30. The van der Waals surface area contributed by atoms with E-state index in [2.05, 4.69) is 0 Å². The Morgan fingerprint density at radius 3 is 2.56 bits per heavy atom. The minimum atomic E-state index is -0.536. The topological polar surface area (TPSA) is 89.5 Å². The number of amides is 1. The number of nitro benzene ring substituents is 1. The van der Waals surface area contributed by atoms with Crippen molar-refractivity contribution >= 4 is 23.2 Å². The molecule has 0 bridgehead atoms. The van der Waals surface area contributed by atoms with Crippen LogP contribution in [0.2, 0.25) is 5.02 Å². The predicted octanol–water partition coefficient (Wildman–Crippen LogP) is 3.06. The van der Waals surface area contributed by atoms with E-state index in [-0.39, 0.29) is 34.0 Å². The third-order valence-electron chi connectivity index (χ3n) is 4.65. The number of hydrogen-bond acceptors (Lipinski definition) is 4. The van der Waals surface area contributed by atoms with Crippen molar-refractivity contribution in [1.29, 1.82) is 0 Å². The number of halogens is 1. The van der Waals surface area contributed by atoms with Gasteiger partial charge in [0.1, 0.15) is 0 Å². The highest BCUT2D eigenvalue weighted by Crippen LogP contribution is 2.34. The van der Waals surface area contributed by atoms with Crippen molar-refractivity contribution < 1.29 is 9.72 Å². The van der Waals surface area contributed by atoms with E-state index < -0.39 is 4.92 Å². The van der Waals surface area contributed by atoms with Crippen LogP contribution in [0.1, 0.15) is 21.8 Å². The van der Waals surface area contributed by atoms with Gasteiger partial charge in [-0.3, -0.25) is 14.9 Å². The molecule has 0 radical (unpaired) electrons. The Balaban J connectivity index is 1.83. The first-order valence-electron chi connectivity index (χ1n) is 7.99. The number of benzene rings is 2. The van der Waals surface area contributed by atoms with Crippen molar-refractivity contribution in [3.63, 3.8) is 0 Å². The molecule has 1 aliphatic heterocycles. The summed E-state index contributed by atoms with van der Waals surface area (Å²) in [5, 5.41) is 10.9. The molecule has 3 rings (SSSR count). The number of likely N-dealkylation sites (tertiary alicyclic amines) is 1. The second kappa shape index (κ2) is 7.21. The minimum Gasteiger partial charge on any atom is -0.338 e. The first-order valence-corrected chi connectivity index (χ1v) is 8.37. The van der Waals surface area contributed by atoms with Gasteiger partial charge >= 0.3 is 0 Å². The molecule has 1 aliphatic rings. The summed E-state index contributed by atoms with van der Waals surface area (Å²) < 4.78 is 0. The second-order valence-corrected chi connectivity index (χ2v) is 6.55. The molecule has 0 aliphatic carbocycles. The molecule has 1 fully saturated rings. The maximum absolute atomic E-state index is 12.8. The van der Waals surface area contributed by atoms with Crippen LogP contribution in [0, 0.1) is 16.0 Å². The molecule has 7 heteroatoms. The van der Waals surface area contributed by atoms with E-state index >= 15 is 0 Å².